The maximum Gasteiger partial charge on any atom is -0.0206 e. The van der Waals surface area contributed by atoms with Gasteiger partial charge in [-0.3, -0.25) is 0 Å². The van der Waals surface area contributed by atoms with Gasteiger partial charge < -0.3 is 0 Å². The van der Waals surface area contributed by atoms with Gasteiger partial charge in [0, 0.05) is 0 Å². The van der Waals surface area contributed by atoms with Crippen LogP contribution in [0.2, 0.25) is 0 Å². The molecule has 2 saturated heterocycles. The SMILES string of the molecule is CCCCCCCCCCCCCCCCCCP1C2CCCCC1CC2. The Bertz CT molecular complexity index is 312. The van der Waals surface area contributed by atoms with Crippen LogP contribution in [-0.2, 0) is 0 Å². The minimum Gasteiger partial charge on any atom is -0.100 e. The van der Waals surface area contributed by atoms with E-state index < -0.39 is 0 Å². The summed E-state index contributed by atoms with van der Waals surface area (Å²) in [6, 6.07) is 0. The lowest BCUT2D eigenvalue weighted by Crippen LogP contribution is -2.03. The first kappa shape index (κ1) is 23.7. The molecule has 0 radical (unpaired) electrons. The maximum atomic E-state index is 2.31. The highest BCUT2D eigenvalue weighted by Crippen LogP contribution is 2.60. The number of rotatable bonds is 17. The van der Waals surface area contributed by atoms with Crippen LogP contribution in [-0.4, -0.2) is 17.5 Å². The third kappa shape index (κ3) is 10.7. The molecular weight excluding hydrogens is 343 g/mol. The van der Waals surface area contributed by atoms with Gasteiger partial charge in [-0.1, -0.05) is 116 Å². The molecule has 2 bridgehead atoms. The fourth-order valence-corrected chi connectivity index (χ4v) is 9.51. The standard InChI is InChI=1S/C26H51P/c1-2-3-4-5-6-7-8-9-10-11-12-13-14-15-16-19-24-27-25-20-17-18-21-26(27)23-22-25/h25-26H,2-24H2,1H3. The van der Waals surface area contributed by atoms with Crippen LogP contribution in [0.5, 0.6) is 0 Å². The highest BCUT2D eigenvalue weighted by molar-refractivity contribution is 7.59. The average Bonchev–Trinajstić information content (AvgIpc) is 2.93. The van der Waals surface area contributed by atoms with E-state index in [1.165, 1.54) is 108 Å². The van der Waals surface area contributed by atoms with Crippen LogP contribution in [0, 0.1) is 0 Å². The van der Waals surface area contributed by atoms with Crippen molar-refractivity contribution in [3.8, 4) is 0 Å². The summed E-state index contributed by atoms with van der Waals surface area (Å²) in [5, 5.41) is 0. The van der Waals surface area contributed by atoms with E-state index in [2.05, 4.69) is 6.92 Å². The van der Waals surface area contributed by atoms with Crippen molar-refractivity contribution in [3.63, 3.8) is 0 Å². The third-order valence-corrected chi connectivity index (χ3v) is 11.1. The van der Waals surface area contributed by atoms with Crippen molar-refractivity contribution in [2.24, 2.45) is 0 Å². The minimum atomic E-state index is 0.448. The summed E-state index contributed by atoms with van der Waals surface area (Å²) in [7, 11) is 0.448. The fraction of sp³-hybridized carbons (Fsp3) is 1.00. The molecule has 0 aromatic heterocycles. The van der Waals surface area contributed by atoms with Gasteiger partial charge in [0.2, 0.25) is 0 Å². The van der Waals surface area contributed by atoms with Crippen LogP contribution in [0.15, 0.2) is 0 Å². The minimum absolute atomic E-state index is 0.448. The van der Waals surface area contributed by atoms with Crippen molar-refractivity contribution in [2.45, 2.75) is 159 Å². The number of fused-ring (bicyclic) bond motifs is 2. The molecule has 2 atom stereocenters. The van der Waals surface area contributed by atoms with Gasteiger partial charge in [-0.05, 0) is 49.6 Å². The van der Waals surface area contributed by atoms with Crippen LogP contribution in [0.25, 0.3) is 0 Å². The molecular formula is C26H51P. The van der Waals surface area contributed by atoms with Gasteiger partial charge in [-0.2, -0.15) is 0 Å². The van der Waals surface area contributed by atoms with Crippen molar-refractivity contribution < 1.29 is 0 Å². The molecule has 0 nitrogen and oxygen atoms in total. The van der Waals surface area contributed by atoms with Crippen molar-refractivity contribution in [1.29, 1.82) is 0 Å². The Kier molecular flexibility index (Phi) is 14.3. The zero-order chi connectivity index (χ0) is 19.0. The maximum absolute atomic E-state index is 2.31. The van der Waals surface area contributed by atoms with E-state index in [0.717, 1.165) is 0 Å². The summed E-state index contributed by atoms with van der Waals surface area (Å²) in [4.78, 5) is 0. The predicted molar refractivity (Wildman–Crippen MR) is 127 cm³/mol. The van der Waals surface area contributed by atoms with Crippen LogP contribution < -0.4 is 0 Å². The summed E-state index contributed by atoms with van der Waals surface area (Å²) < 4.78 is 0. The van der Waals surface area contributed by atoms with Crippen molar-refractivity contribution >= 4 is 7.92 Å². The second kappa shape index (κ2) is 16.3. The topological polar surface area (TPSA) is 0 Å². The molecule has 0 aromatic rings. The van der Waals surface area contributed by atoms with E-state index >= 15 is 0 Å². The largest absolute Gasteiger partial charge is 0.100 e. The highest BCUT2D eigenvalue weighted by Gasteiger charge is 2.35. The molecule has 2 aliphatic rings. The first-order valence-electron chi connectivity index (χ1n) is 13.2. The summed E-state index contributed by atoms with van der Waals surface area (Å²) in [5.41, 5.74) is 2.40. The van der Waals surface area contributed by atoms with Crippen molar-refractivity contribution in [3.05, 3.63) is 0 Å². The third-order valence-electron chi connectivity index (χ3n) is 7.37. The molecule has 160 valence electrons. The molecule has 2 heterocycles. The average molecular weight is 395 g/mol. The summed E-state index contributed by atoms with van der Waals surface area (Å²) >= 11 is 0. The molecule has 2 rings (SSSR count). The Balaban J connectivity index is 1.29. The van der Waals surface area contributed by atoms with Gasteiger partial charge in [0.1, 0.15) is 0 Å². The molecule has 0 N–H and O–H groups in total. The molecule has 0 aromatic carbocycles. The lowest BCUT2D eigenvalue weighted by molar-refractivity contribution is 0.531. The Labute approximate surface area is 173 Å². The molecule has 0 saturated carbocycles. The van der Waals surface area contributed by atoms with Crippen LogP contribution in [0.3, 0.4) is 0 Å². The number of hydrogen-bond acceptors (Lipinski definition) is 0. The molecule has 27 heavy (non-hydrogen) atoms. The number of unbranched alkanes of at least 4 members (excludes halogenated alkanes) is 15. The molecule has 0 amide bonds. The summed E-state index contributed by atoms with van der Waals surface area (Å²) in [6.07, 6.45) is 35.1. The van der Waals surface area contributed by atoms with E-state index in [-0.39, 0.29) is 0 Å². The van der Waals surface area contributed by atoms with Crippen LogP contribution >= 0.6 is 7.92 Å². The Morgan fingerprint density at radius 2 is 0.852 bits per heavy atom. The predicted octanol–water partition coefficient (Wildman–Crippen LogP) is 9.83. The summed E-state index contributed by atoms with van der Waals surface area (Å²) in [5.74, 6) is 0. The van der Waals surface area contributed by atoms with Crippen LogP contribution in [0.4, 0.5) is 0 Å². The number of hydrogen-bond donors (Lipinski definition) is 0. The van der Waals surface area contributed by atoms with Gasteiger partial charge in [-0.15, -0.1) is 7.92 Å². The quantitative estimate of drug-likeness (QED) is 0.170. The zero-order valence-electron chi connectivity index (χ0n) is 18.9. The van der Waals surface area contributed by atoms with Crippen LogP contribution in [0.1, 0.15) is 148 Å². The molecule has 2 fully saturated rings. The smallest absolute Gasteiger partial charge is 0.0206 e. The second-order valence-corrected chi connectivity index (χ2v) is 12.6. The monoisotopic (exact) mass is 394 g/mol. The Morgan fingerprint density at radius 1 is 0.481 bits per heavy atom. The van der Waals surface area contributed by atoms with Gasteiger partial charge in [0.05, 0.1) is 0 Å². The Hall–Kier alpha value is 0.430. The van der Waals surface area contributed by atoms with Gasteiger partial charge >= 0.3 is 0 Å². The molecule has 0 aliphatic carbocycles. The van der Waals surface area contributed by atoms with E-state index in [9.17, 15) is 0 Å². The lowest BCUT2D eigenvalue weighted by Gasteiger charge is -2.23. The fourth-order valence-electron chi connectivity index (χ4n) is 5.60. The first-order valence-corrected chi connectivity index (χ1v) is 14.8. The van der Waals surface area contributed by atoms with Gasteiger partial charge in [0.15, 0.2) is 0 Å². The van der Waals surface area contributed by atoms with E-state index in [1.807, 2.05) is 0 Å². The van der Waals surface area contributed by atoms with E-state index in [4.69, 9.17) is 0 Å². The molecule has 2 aliphatic heterocycles. The van der Waals surface area contributed by atoms with E-state index in [0.29, 0.717) is 7.92 Å². The molecule has 2 unspecified atom stereocenters. The van der Waals surface area contributed by atoms with Gasteiger partial charge in [0.25, 0.3) is 0 Å². The van der Waals surface area contributed by atoms with E-state index in [1.54, 1.807) is 51.1 Å². The van der Waals surface area contributed by atoms with Crippen molar-refractivity contribution in [2.75, 3.05) is 6.16 Å². The van der Waals surface area contributed by atoms with Gasteiger partial charge in [-0.25, -0.2) is 0 Å². The van der Waals surface area contributed by atoms with Crippen molar-refractivity contribution in [1.82, 2.24) is 0 Å². The summed E-state index contributed by atoms with van der Waals surface area (Å²) in [6.45, 7) is 2.31. The molecule has 0 spiro atoms. The normalized spacial score (nSPS) is 25.0. The highest BCUT2D eigenvalue weighted by atomic mass is 31.1. The lowest BCUT2D eigenvalue weighted by atomic mass is 10.0. The first-order chi connectivity index (χ1) is 13.4. The molecule has 1 heteroatoms. The Morgan fingerprint density at radius 3 is 1.26 bits per heavy atom. The second-order valence-electron chi connectivity index (χ2n) is 9.71. The zero-order valence-corrected chi connectivity index (χ0v) is 19.8.